The fourth-order valence-electron chi connectivity index (χ4n) is 3.30. The summed E-state index contributed by atoms with van der Waals surface area (Å²) in [5, 5.41) is 0. The molecule has 0 aromatic carbocycles. The van der Waals surface area contributed by atoms with Gasteiger partial charge in [0.2, 0.25) is 0 Å². The van der Waals surface area contributed by atoms with Gasteiger partial charge < -0.3 is 24.8 Å². The van der Waals surface area contributed by atoms with E-state index in [2.05, 4.69) is 81.4 Å². The molecule has 2 atom stereocenters. The molecular weight excluding hydrogens is 426 g/mol. The molecule has 2 aliphatic rings. The molecule has 0 nitrogen and oxygen atoms in total. The summed E-state index contributed by atoms with van der Waals surface area (Å²) < 4.78 is 0. The molecule has 0 bridgehead atoms. The Labute approximate surface area is 188 Å². The molecule has 0 fully saturated rings. The number of allylic oxidation sites excluding steroid dienone is 8. The van der Waals surface area contributed by atoms with Crippen LogP contribution in [0, 0.1) is 23.0 Å². The zero-order chi connectivity index (χ0) is 17.3. The Morgan fingerprint density at radius 2 is 0.880 bits per heavy atom. The van der Waals surface area contributed by atoms with Crippen molar-refractivity contribution in [2.45, 2.75) is 82.1 Å². The Morgan fingerprint density at radius 1 is 0.640 bits per heavy atom. The van der Waals surface area contributed by atoms with Crippen molar-refractivity contribution in [3.63, 3.8) is 0 Å². The van der Waals surface area contributed by atoms with Crippen molar-refractivity contribution in [3.05, 3.63) is 45.6 Å². The summed E-state index contributed by atoms with van der Waals surface area (Å²) in [5.41, 5.74) is 9.01. The second-order valence-corrected chi connectivity index (χ2v) is 7.37. The summed E-state index contributed by atoms with van der Waals surface area (Å²) in [6, 6.07) is 0. The van der Waals surface area contributed by atoms with Gasteiger partial charge >= 0.3 is 26.2 Å². The number of halogens is 2. The van der Waals surface area contributed by atoms with E-state index in [4.69, 9.17) is 0 Å². The van der Waals surface area contributed by atoms with Crippen LogP contribution in [0.4, 0.5) is 0 Å². The molecule has 0 saturated carbocycles. The van der Waals surface area contributed by atoms with Crippen LogP contribution >= 0.6 is 0 Å². The molecule has 2 unspecified atom stereocenters. The Kier molecular flexibility index (Phi) is 13.6. The average molecular weight is 461 g/mol. The van der Waals surface area contributed by atoms with Crippen molar-refractivity contribution < 1.29 is 51.0 Å². The SMILES string of the molecule is CCC1(C)[C-]=C(C)C(C)=C1C.CCC1(C)[C-]=C(C)C(C)=C1C.[Cl-].[Cl-].[Zr+4]. The van der Waals surface area contributed by atoms with Crippen molar-refractivity contribution in [2.75, 3.05) is 0 Å². The van der Waals surface area contributed by atoms with E-state index in [1.54, 1.807) is 0 Å². The quantitative estimate of drug-likeness (QED) is 0.540. The van der Waals surface area contributed by atoms with Gasteiger partial charge in [-0.25, -0.2) is 11.1 Å². The van der Waals surface area contributed by atoms with E-state index < -0.39 is 0 Å². The first-order valence-corrected chi connectivity index (χ1v) is 8.62. The second-order valence-electron chi connectivity index (χ2n) is 7.37. The van der Waals surface area contributed by atoms with Gasteiger partial charge in [-0.1, -0.05) is 79.1 Å². The van der Waals surface area contributed by atoms with E-state index in [1.807, 2.05) is 0 Å². The molecule has 140 valence electrons. The summed E-state index contributed by atoms with van der Waals surface area (Å²) in [7, 11) is 0. The van der Waals surface area contributed by atoms with Gasteiger partial charge in [0, 0.05) is 0 Å². The first-order valence-electron chi connectivity index (χ1n) is 8.62. The van der Waals surface area contributed by atoms with Gasteiger partial charge in [0.1, 0.15) is 0 Å². The predicted molar refractivity (Wildman–Crippen MR) is 98.4 cm³/mol. The van der Waals surface area contributed by atoms with E-state index in [1.165, 1.54) is 33.4 Å². The van der Waals surface area contributed by atoms with Crippen molar-refractivity contribution in [1.82, 2.24) is 0 Å². The van der Waals surface area contributed by atoms with Crippen LogP contribution < -0.4 is 24.8 Å². The molecule has 2 aliphatic carbocycles. The minimum Gasteiger partial charge on any atom is -1.00 e. The molecule has 0 aromatic rings. The normalized spacial score (nSPS) is 27.4. The van der Waals surface area contributed by atoms with Gasteiger partial charge in [0.15, 0.2) is 0 Å². The van der Waals surface area contributed by atoms with Crippen molar-refractivity contribution >= 4 is 0 Å². The molecular formula is C22H34Cl2Zr. The second kappa shape index (κ2) is 11.3. The van der Waals surface area contributed by atoms with Gasteiger partial charge in [0.05, 0.1) is 0 Å². The first-order chi connectivity index (χ1) is 10.0. The molecule has 0 amide bonds. The van der Waals surface area contributed by atoms with Crippen LogP contribution in [0.2, 0.25) is 0 Å². The predicted octanol–water partition coefficient (Wildman–Crippen LogP) is 1.01. The number of hydrogen-bond acceptors (Lipinski definition) is 0. The average Bonchev–Trinajstić information content (AvgIpc) is 2.81. The molecule has 0 spiro atoms. The standard InChI is InChI=1S/2C11H17.2ClH.Zr/c2*1-6-11(5)7-8(2)9(3)10(11)4;;;/h2*6H2,1-5H3;2*1H;/q2*-1;;;+4/p-2. The fourth-order valence-corrected chi connectivity index (χ4v) is 3.30. The van der Waals surface area contributed by atoms with Crippen LogP contribution in [0.5, 0.6) is 0 Å². The van der Waals surface area contributed by atoms with Crippen LogP contribution in [-0.4, -0.2) is 0 Å². The molecule has 0 radical (unpaired) electrons. The summed E-state index contributed by atoms with van der Waals surface area (Å²) in [5.74, 6) is 0. The summed E-state index contributed by atoms with van der Waals surface area (Å²) in [6.45, 7) is 22.1. The van der Waals surface area contributed by atoms with Crippen molar-refractivity contribution in [3.8, 4) is 0 Å². The Hall–Kier alpha value is 0.423. The van der Waals surface area contributed by atoms with Crippen LogP contribution in [0.15, 0.2) is 33.4 Å². The minimum absolute atomic E-state index is 0. The summed E-state index contributed by atoms with van der Waals surface area (Å²) in [6.07, 6.45) is 9.36. The Bertz CT molecular complexity index is 529. The van der Waals surface area contributed by atoms with Gasteiger partial charge in [-0.2, -0.15) is 22.3 Å². The van der Waals surface area contributed by atoms with Crippen LogP contribution in [-0.2, 0) is 26.2 Å². The molecule has 0 saturated heterocycles. The third-order valence-electron chi connectivity index (χ3n) is 6.25. The topological polar surface area (TPSA) is 0 Å². The van der Waals surface area contributed by atoms with E-state index in [-0.39, 0.29) is 61.8 Å². The number of hydrogen-bond donors (Lipinski definition) is 0. The van der Waals surface area contributed by atoms with E-state index >= 15 is 0 Å². The zero-order valence-electron chi connectivity index (χ0n) is 17.7. The summed E-state index contributed by atoms with van der Waals surface area (Å²) in [4.78, 5) is 0. The molecule has 25 heavy (non-hydrogen) atoms. The molecule has 0 aromatic heterocycles. The van der Waals surface area contributed by atoms with Crippen LogP contribution in [0.1, 0.15) is 82.1 Å². The third-order valence-corrected chi connectivity index (χ3v) is 6.25. The molecule has 0 N–H and O–H groups in total. The Morgan fingerprint density at radius 3 is 0.960 bits per heavy atom. The third kappa shape index (κ3) is 6.22. The van der Waals surface area contributed by atoms with Gasteiger partial charge in [0.25, 0.3) is 0 Å². The van der Waals surface area contributed by atoms with E-state index in [9.17, 15) is 0 Å². The van der Waals surface area contributed by atoms with Gasteiger partial charge in [-0.05, 0) is 0 Å². The maximum absolute atomic E-state index is 3.52. The molecule has 0 aliphatic heterocycles. The first kappa shape index (κ1) is 30.2. The van der Waals surface area contributed by atoms with Crippen LogP contribution in [0.3, 0.4) is 0 Å². The maximum Gasteiger partial charge on any atom is 4.00 e. The van der Waals surface area contributed by atoms with Crippen molar-refractivity contribution in [2.24, 2.45) is 10.8 Å². The molecule has 0 heterocycles. The summed E-state index contributed by atoms with van der Waals surface area (Å²) >= 11 is 0. The van der Waals surface area contributed by atoms with E-state index in [0.29, 0.717) is 0 Å². The fraction of sp³-hybridized carbons (Fsp3) is 0.636. The molecule has 3 heteroatoms. The molecule has 2 rings (SSSR count). The smallest absolute Gasteiger partial charge is 1.00 e. The van der Waals surface area contributed by atoms with E-state index in [0.717, 1.165) is 12.8 Å². The minimum atomic E-state index is 0. The van der Waals surface area contributed by atoms with Gasteiger partial charge in [-0.3, -0.25) is 12.2 Å². The largest absolute Gasteiger partial charge is 4.00 e. The number of rotatable bonds is 2. The monoisotopic (exact) mass is 458 g/mol. The van der Waals surface area contributed by atoms with Crippen molar-refractivity contribution in [1.29, 1.82) is 0 Å². The Balaban J connectivity index is -0.000000346. The maximum atomic E-state index is 3.52. The van der Waals surface area contributed by atoms with Crippen LogP contribution in [0.25, 0.3) is 0 Å². The van der Waals surface area contributed by atoms with Gasteiger partial charge in [-0.15, -0.1) is 13.8 Å². The zero-order valence-corrected chi connectivity index (χ0v) is 21.6.